The van der Waals surface area contributed by atoms with Crippen LogP contribution in [-0.4, -0.2) is 51.4 Å². The Balaban J connectivity index is 1.38. The smallest absolute Gasteiger partial charge is 0.270 e. The van der Waals surface area contributed by atoms with Gasteiger partial charge in [-0.25, -0.2) is 9.37 Å². The number of fused-ring (bicyclic) bond motifs is 1. The minimum atomic E-state index is -0.319. The summed E-state index contributed by atoms with van der Waals surface area (Å²) in [6.45, 7) is 3.40. The summed E-state index contributed by atoms with van der Waals surface area (Å²) < 4.78 is 20.7. The minimum Gasteiger partial charge on any atom is -0.439 e. The molecule has 25 heavy (non-hydrogen) atoms. The summed E-state index contributed by atoms with van der Waals surface area (Å²) >= 11 is 0. The number of carbonyl (C=O) groups is 1. The van der Waals surface area contributed by atoms with Crippen molar-refractivity contribution >= 4 is 17.0 Å². The zero-order valence-corrected chi connectivity index (χ0v) is 14.0. The number of aryl methyl sites for hydroxylation is 1. The monoisotopic (exact) mass is 342 g/mol. The molecule has 0 bridgehead atoms. The van der Waals surface area contributed by atoms with Gasteiger partial charge < -0.3 is 13.9 Å². The number of amides is 1. The van der Waals surface area contributed by atoms with Crippen molar-refractivity contribution in [3.8, 4) is 0 Å². The molecule has 1 aliphatic heterocycles. The summed E-state index contributed by atoms with van der Waals surface area (Å²) in [5, 5.41) is 0. The highest BCUT2D eigenvalue weighted by molar-refractivity contribution is 5.92. The Kier molecular flexibility index (Phi) is 4.01. The van der Waals surface area contributed by atoms with Gasteiger partial charge in [-0.05, 0) is 24.3 Å². The predicted octanol–water partition coefficient (Wildman–Crippen LogP) is 2.26. The van der Waals surface area contributed by atoms with Crippen molar-refractivity contribution in [3.63, 3.8) is 0 Å². The molecular weight excluding hydrogens is 323 g/mol. The first-order chi connectivity index (χ1) is 12.1. The van der Waals surface area contributed by atoms with E-state index in [-0.39, 0.29) is 11.7 Å². The van der Waals surface area contributed by atoms with Crippen molar-refractivity contribution in [1.29, 1.82) is 0 Å². The van der Waals surface area contributed by atoms with Crippen LogP contribution in [0.4, 0.5) is 4.39 Å². The summed E-state index contributed by atoms with van der Waals surface area (Å²) in [6, 6.07) is 8.05. The van der Waals surface area contributed by atoms with Gasteiger partial charge in [0, 0.05) is 45.5 Å². The lowest BCUT2D eigenvalue weighted by Gasteiger charge is -2.34. The first-order valence-corrected chi connectivity index (χ1v) is 8.28. The molecule has 0 N–H and O–H groups in total. The lowest BCUT2D eigenvalue weighted by atomic mass is 10.2. The molecule has 6 nitrogen and oxygen atoms in total. The van der Waals surface area contributed by atoms with Gasteiger partial charge in [0.1, 0.15) is 17.0 Å². The summed E-state index contributed by atoms with van der Waals surface area (Å²) in [4.78, 5) is 20.9. The second kappa shape index (κ2) is 6.33. The lowest BCUT2D eigenvalue weighted by molar-refractivity contribution is 0.0609. The maximum Gasteiger partial charge on any atom is 0.270 e. The van der Waals surface area contributed by atoms with E-state index in [1.807, 2.05) is 34.8 Å². The quantitative estimate of drug-likeness (QED) is 0.733. The van der Waals surface area contributed by atoms with Gasteiger partial charge in [0.15, 0.2) is 5.58 Å². The van der Waals surface area contributed by atoms with Crippen molar-refractivity contribution < 1.29 is 13.6 Å². The van der Waals surface area contributed by atoms with Crippen LogP contribution in [0.25, 0.3) is 11.1 Å². The molecule has 1 aliphatic rings. The van der Waals surface area contributed by atoms with Gasteiger partial charge in [-0.2, -0.15) is 0 Å². The van der Waals surface area contributed by atoms with E-state index in [9.17, 15) is 9.18 Å². The van der Waals surface area contributed by atoms with Crippen LogP contribution in [0.2, 0.25) is 0 Å². The minimum absolute atomic E-state index is 0.0597. The molecule has 130 valence electrons. The standard InChI is InChI=1S/C18H19FN4O2/c1-21-6-2-3-15(21)18(24)23-9-7-22(8-10-23)12-17-20-14-11-13(19)4-5-16(14)25-17/h2-6,11H,7-10,12H2,1H3. The molecule has 0 atom stereocenters. The SMILES string of the molecule is Cn1cccc1C(=O)N1CCN(Cc2nc3cc(F)ccc3o2)CC1. The van der Waals surface area contributed by atoms with Crippen LogP contribution >= 0.6 is 0 Å². The average molecular weight is 342 g/mol. The van der Waals surface area contributed by atoms with Crippen LogP contribution < -0.4 is 0 Å². The summed E-state index contributed by atoms with van der Waals surface area (Å²) in [7, 11) is 1.87. The molecule has 2 aromatic heterocycles. The molecule has 0 radical (unpaired) electrons. The third kappa shape index (κ3) is 3.15. The number of benzene rings is 1. The molecular formula is C18H19FN4O2. The highest BCUT2D eigenvalue weighted by Gasteiger charge is 2.24. The summed E-state index contributed by atoms with van der Waals surface area (Å²) in [5.41, 5.74) is 1.83. The van der Waals surface area contributed by atoms with E-state index in [4.69, 9.17) is 4.42 Å². The third-order valence-electron chi connectivity index (χ3n) is 4.58. The van der Waals surface area contributed by atoms with E-state index >= 15 is 0 Å². The fourth-order valence-corrected chi connectivity index (χ4v) is 3.16. The number of halogens is 1. The zero-order chi connectivity index (χ0) is 17.4. The van der Waals surface area contributed by atoms with Gasteiger partial charge in [0.2, 0.25) is 5.89 Å². The van der Waals surface area contributed by atoms with Gasteiger partial charge in [0.25, 0.3) is 5.91 Å². The van der Waals surface area contributed by atoms with Crippen molar-refractivity contribution in [2.75, 3.05) is 26.2 Å². The van der Waals surface area contributed by atoms with Crippen molar-refractivity contribution in [2.24, 2.45) is 7.05 Å². The maximum atomic E-state index is 13.2. The number of hydrogen-bond acceptors (Lipinski definition) is 4. The Labute approximate surface area is 144 Å². The number of oxazole rings is 1. The van der Waals surface area contributed by atoms with Crippen LogP contribution in [0.1, 0.15) is 16.4 Å². The lowest BCUT2D eigenvalue weighted by Crippen LogP contribution is -2.48. The Bertz CT molecular complexity index is 909. The molecule has 1 fully saturated rings. The molecule has 1 aromatic carbocycles. The Hall–Kier alpha value is -2.67. The first kappa shape index (κ1) is 15.8. The van der Waals surface area contributed by atoms with E-state index in [0.717, 1.165) is 13.1 Å². The van der Waals surface area contributed by atoms with Crippen molar-refractivity contribution in [2.45, 2.75) is 6.54 Å². The van der Waals surface area contributed by atoms with Gasteiger partial charge in [-0.1, -0.05) is 0 Å². The summed E-state index contributed by atoms with van der Waals surface area (Å²) in [6.07, 6.45) is 1.87. The van der Waals surface area contributed by atoms with Crippen LogP contribution in [0, 0.1) is 5.82 Å². The number of piperazine rings is 1. The fourth-order valence-electron chi connectivity index (χ4n) is 3.16. The maximum absolute atomic E-state index is 13.2. The topological polar surface area (TPSA) is 54.5 Å². The second-order valence-corrected chi connectivity index (χ2v) is 6.29. The fraction of sp³-hybridized carbons (Fsp3) is 0.333. The highest BCUT2D eigenvalue weighted by Crippen LogP contribution is 2.18. The van der Waals surface area contributed by atoms with Crippen molar-refractivity contribution in [1.82, 2.24) is 19.4 Å². The van der Waals surface area contributed by atoms with Crippen LogP contribution in [0.15, 0.2) is 40.9 Å². The van der Waals surface area contributed by atoms with Crippen LogP contribution in [-0.2, 0) is 13.6 Å². The number of hydrogen-bond donors (Lipinski definition) is 0. The Morgan fingerprint density at radius 3 is 2.76 bits per heavy atom. The van der Waals surface area contributed by atoms with Crippen molar-refractivity contribution in [3.05, 3.63) is 53.9 Å². The van der Waals surface area contributed by atoms with E-state index in [1.54, 1.807) is 6.07 Å². The van der Waals surface area contributed by atoms with E-state index in [2.05, 4.69) is 9.88 Å². The van der Waals surface area contributed by atoms with E-state index in [0.29, 0.717) is 42.3 Å². The molecule has 3 heterocycles. The first-order valence-electron chi connectivity index (χ1n) is 8.28. The van der Waals surface area contributed by atoms with Gasteiger partial charge in [0.05, 0.1) is 6.54 Å². The van der Waals surface area contributed by atoms with E-state index in [1.165, 1.54) is 12.1 Å². The molecule has 0 saturated carbocycles. The number of carbonyl (C=O) groups excluding carboxylic acids is 1. The number of aromatic nitrogens is 2. The Morgan fingerprint density at radius 1 is 1.24 bits per heavy atom. The predicted molar refractivity (Wildman–Crippen MR) is 90.6 cm³/mol. The molecule has 0 unspecified atom stereocenters. The molecule has 0 spiro atoms. The average Bonchev–Trinajstić information content (AvgIpc) is 3.20. The third-order valence-corrected chi connectivity index (χ3v) is 4.58. The molecule has 4 rings (SSSR count). The molecule has 7 heteroatoms. The Morgan fingerprint density at radius 2 is 2.04 bits per heavy atom. The normalized spacial score (nSPS) is 15.8. The second-order valence-electron chi connectivity index (χ2n) is 6.29. The van der Waals surface area contributed by atoms with E-state index < -0.39 is 0 Å². The zero-order valence-electron chi connectivity index (χ0n) is 14.0. The molecule has 1 amide bonds. The number of rotatable bonds is 3. The molecule has 3 aromatic rings. The van der Waals surface area contributed by atoms with Gasteiger partial charge in [-0.15, -0.1) is 0 Å². The summed E-state index contributed by atoms with van der Waals surface area (Å²) in [5.74, 6) is 0.312. The highest BCUT2D eigenvalue weighted by atomic mass is 19.1. The van der Waals surface area contributed by atoms with Gasteiger partial charge in [-0.3, -0.25) is 9.69 Å². The van der Waals surface area contributed by atoms with Crippen LogP contribution in [0.5, 0.6) is 0 Å². The largest absolute Gasteiger partial charge is 0.439 e. The molecule has 0 aliphatic carbocycles. The van der Waals surface area contributed by atoms with Gasteiger partial charge >= 0.3 is 0 Å². The number of nitrogens with zero attached hydrogens (tertiary/aromatic N) is 4. The molecule has 1 saturated heterocycles. The van der Waals surface area contributed by atoms with Crippen LogP contribution in [0.3, 0.4) is 0 Å².